The Morgan fingerprint density at radius 3 is 2.67 bits per heavy atom. The molecule has 5 nitrogen and oxygen atoms in total. The van der Waals surface area contributed by atoms with E-state index in [1.54, 1.807) is 30.3 Å². The molecular weight excluding hydrogens is 268 g/mol. The number of aromatic nitrogens is 1. The van der Waals surface area contributed by atoms with Crippen LogP contribution in [0.1, 0.15) is 32.0 Å². The van der Waals surface area contributed by atoms with Crippen molar-refractivity contribution in [3.8, 4) is 0 Å². The van der Waals surface area contributed by atoms with Crippen LogP contribution in [-0.2, 0) is 6.42 Å². The molecule has 0 bridgehead atoms. The average Bonchev–Trinajstić information content (AvgIpc) is 2.48. The molecule has 2 rings (SSSR count). The fraction of sp³-hybridized carbons (Fsp3) is 0.188. The van der Waals surface area contributed by atoms with Crippen LogP contribution >= 0.6 is 0 Å². The number of nitrogens with zero attached hydrogens (tertiary/aromatic N) is 1. The normalized spacial score (nSPS) is 10.1. The van der Waals surface area contributed by atoms with Crippen molar-refractivity contribution in [3.63, 3.8) is 0 Å². The molecule has 2 aromatic rings. The van der Waals surface area contributed by atoms with Gasteiger partial charge < -0.3 is 10.4 Å². The molecule has 0 aliphatic rings. The second-order valence-corrected chi connectivity index (χ2v) is 4.70. The second kappa shape index (κ2) is 6.65. The van der Waals surface area contributed by atoms with Gasteiger partial charge in [0.05, 0.1) is 11.1 Å². The first-order valence-corrected chi connectivity index (χ1v) is 6.59. The summed E-state index contributed by atoms with van der Waals surface area (Å²) in [7, 11) is 0. The summed E-state index contributed by atoms with van der Waals surface area (Å²) in [4.78, 5) is 26.8. The van der Waals surface area contributed by atoms with Crippen LogP contribution in [0.3, 0.4) is 0 Å². The number of aryl methyl sites for hydroxylation is 1. The number of carbonyl (C=O) groups excluding carboxylic acids is 1. The Bertz CT molecular complexity index is 651. The van der Waals surface area contributed by atoms with Crippen molar-refractivity contribution in [1.29, 1.82) is 0 Å². The minimum Gasteiger partial charge on any atom is -0.478 e. The summed E-state index contributed by atoms with van der Waals surface area (Å²) in [6.45, 7) is 2.30. The van der Waals surface area contributed by atoms with E-state index in [9.17, 15) is 9.59 Å². The molecule has 21 heavy (non-hydrogen) atoms. The van der Waals surface area contributed by atoms with Gasteiger partial charge in [0.25, 0.3) is 5.91 Å². The highest BCUT2D eigenvalue weighted by Gasteiger charge is 2.06. The number of hydrogen-bond donors (Lipinski definition) is 2. The smallest absolute Gasteiger partial charge is 0.335 e. The second-order valence-electron chi connectivity index (χ2n) is 4.70. The fourth-order valence-electron chi connectivity index (χ4n) is 1.88. The Kier molecular flexibility index (Phi) is 4.66. The molecule has 2 N–H and O–H groups in total. The molecule has 1 amide bonds. The summed E-state index contributed by atoms with van der Waals surface area (Å²) in [6.07, 6.45) is 2.11. The quantitative estimate of drug-likeness (QED) is 0.880. The van der Waals surface area contributed by atoms with Crippen molar-refractivity contribution >= 4 is 11.9 Å². The van der Waals surface area contributed by atoms with Crippen LogP contribution in [-0.4, -0.2) is 28.5 Å². The Labute approximate surface area is 122 Å². The van der Waals surface area contributed by atoms with Crippen LogP contribution in [0.4, 0.5) is 0 Å². The number of nitrogens with one attached hydrogen (secondary N) is 1. The van der Waals surface area contributed by atoms with E-state index in [2.05, 4.69) is 10.3 Å². The van der Waals surface area contributed by atoms with E-state index >= 15 is 0 Å². The number of benzene rings is 1. The Balaban J connectivity index is 1.89. The predicted octanol–water partition coefficient (Wildman–Crippen LogP) is 2.06. The summed E-state index contributed by atoms with van der Waals surface area (Å²) in [5, 5.41) is 11.7. The van der Waals surface area contributed by atoms with Gasteiger partial charge in [0.1, 0.15) is 0 Å². The van der Waals surface area contributed by atoms with Gasteiger partial charge in [0.15, 0.2) is 0 Å². The van der Waals surface area contributed by atoms with E-state index in [0.29, 0.717) is 18.5 Å². The van der Waals surface area contributed by atoms with Crippen LogP contribution in [0, 0.1) is 6.92 Å². The molecule has 0 fully saturated rings. The van der Waals surface area contributed by atoms with Gasteiger partial charge in [0.2, 0.25) is 0 Å². The average molecular weight is 284 g/mol. The molecule has 0 radical (unpaired) electrons. The van der Waals surface area contributed by atoms with E-state index < -0.39 is 5.97 Å². The maximum absolute atomic E-state index is 11.9. The molecule has 0 unspecified atom stereocenters. The molecule has 0 atom stereocenters. The summed E-state index contributed by atoms with van der Waals surface area (Å²) >= 11 is 0. The minimum atomic E-state index is -0.952. The number of pyridine rings is 1. The number of aromatic carboxylic acids is 1. The van der Waals surface area contributed by atoms with Crippen molar-refractivity contribution in [3.05, 3.63) is 65.0 Å². The number of carbonyl (C=O) groups is 2. The number of carboxylic acids is 1. The van der Waals surface area contributed by atoms with E-state index in [4.69, 9.17) is 5.11 Å². The van der Waals surface area contributed by atoms with Crippen LogP contribution in [0.15, 0.2) is 42.6 Å². The number of amides is 1. The van der Waals surface area contributed by atoms with E-state index in [-0.39, 0.29) is 11.5 Å². The van der Waals surface area contributed by atoms with E-state index in [0.717, 1.165) is 11.3 Å². The minimum absolute atomic E-state index is 0.183. The van der Waals surface area contributed by atoms with Crippen molar-refractivity contribution in [2.24, 2.45) is 0 Å². The third kappa shape index (κ3) is 4.14. The van der Waals surface area contributed by atoms with Gasteiger partial charge >= 0.3 is 5.97 Å². The van der Waals surface area contributed by atoms with Crippen LogP contribution in [0.5, 0.6) is 0 Å². The Morgan fingerprint density at radius 1 is 1.19 bits per heavy atom. The van der Waals surface area contributed by atoms with E-state index in [1.807, 2.05) is 13.0 Å². The van der Waals surface area contributed by atoms with Crippen LogP contribution in [0.25, 0.3) is 0 Å². The van der Waals surface area contributed by atoms with Gasteiger partial charge in [-0.25, -0.2) is 4.79 Å². The maximum Gasteiger partial charge on any atom is 0.335 e. The van der Waals surface area contributed by atoms with Crippen molar-refractivity contribution < 1.29 is 14.7 Å². The molecule has 5 heteroatoms. The van der Waals surface area contributed by atoms with Crippen molar-refractivity contribution in [2.45, 2.75) is 13.3 Å². The maximum atomic E-state index is 11.9. The highest BCUT2D eigenvalue weighted by molar-refractivity contribution is 5.93. The highest BCUT2D eigenvalue weighted by Crippen LogP contribution is 2.06. The number of carboxylic acid groups (broad SMARTS) is 1. The topological polar surface area (TPSA) is 79.3 Å². The summed E-state index contributed by atoms with van der Waals surface area (Å²) < 4.78 is 0. The predicted molar refractivity (Wildman–Crippen MR) is 78.4 cm³/mol. The standard InChI is InChI=1S/C16H16N2O3/c1-11-5-6-14(10-18-11)15(19)17-8-7-12-3-2-4-13(9-12)16(20)21/h2-6,9-10H,7-8H2,1H3,(H,17,19)(H,20,21). The van der Waals surface area contributed by atoms with Gasteiger partial charge in [0, 0.05) is 18.4 Å². The third-order valence-corrected chi connectivity index (χ3v) is 3.05. The molecule has 0 spiro atoms. The summed E-state index contributed by atoms with van der Waals surface area (Å²) in [5.74, 6) is -1.14. The first-order valence-electron chi connectivity index (χ1n) is 6.59. The fourth-order valence-corrected chi connectivity index (χ4v) is 1.88. The lowest BCUT2D eigenvalue weighted by Crippen LogP contribution is -2.25. The van der Waals surface area contributed by atoms with Gasteiger partial charge in [-0.3, -0.25) is 9.78 Å². The molecule has 1 aromatic heterocycles. The largest absolute Gasteiger partial charge is 0.478 e. The number of rotatable bonds is 5. The molecule has 0 saturated carbocycles. The first kappa shape index (κ1) is 14.7. The number of hydrogen-bond acceptors (Lipinski definition) is 3. The molecule has 0 saturated heterocycles. The zero-order chi connectivity index (χ0) is 15.2. The molecule has 0 aliphatic carbocycles. The SMILES string of the molecule is Cc1ccc(C(=O)NCCc2cccc(C(=O)O)c2)cn1. The monoisotopic (exact) mass is 284 g/mol. The third-order valence-electron chi connectivity index (χ3n) is 3.05. The summed E-state index contributed by atoms with van der Waals surface area (Å²) in [6, 6.07) is 10.2. The lowest BCUT2D eigenvalue weighted by molar-refractivity contribution is 0.0696. The molecule has 1 heterocycles. The zero-order valence-corrected chi connectivity index (χ0v) is 11.7. The molecular formula is C16H16N2O3. The lowest BCUT2D eigenvalue weighted by atomic mass is 10.1. The van der Waals surface area contributed by atoms with Gasteiger partial charge in [-0.05, 0) is 43.2 Å². The van der Waals surface area contributed by atoms with Crippen LogP contribution in [0.2, 0.25) is 0 Å². The molecule has 108 valence electrons. The highest BCUT2D eigenvalue weighted by atomic mass is 16.4. The van der Waals surface area contributed by atoms with Gasteiger partial charge in [-0.1, -0.05) is 12.1 Å². The molecule has 1 aromatic carbocycles. The zero-order valence-electron chi connectivity index (χ0n) is 11.7. The van der Waals surface area contributed by atoms with Gasteiger partial charge in [-0.2, -0.15) is 0 Å². The molecule has 0 aliphatic heterocycles. The van der Waals surface area contributed by atoms with Crippen LogP contribution < -0.4 is 5.32 Å². The Hall–Kier alpha value is -2.69. The van der Waals surface area contributed by atoms with E-state index in [1.165, 1.54) is 6.20 Å². The summed E-state index contributed by atoms with van der Waals surface area (Å²) in [5.41, 5.74) is 2.50. The Morgan fingerprint density at radius 2 is 2.00 bits per heavy atom. The van der Waals surface area contributed by atoms with Gasteiger partial charge in [-0.15, -0.1) is 0 Å². The lowest BCUT2D eigenvalue weighted by Gasteiger charge is -2.06. The van der Waals surface area contributed by atoms with Crippen molar-refractivity contribution in [1.82, 2.24) is 10.3 Å². The first-order chi connectivity index (χ1) is 10.1. The van der Waals surface area contributed by atoms with Crippen molar-refractivity contribution in [2.75, 3.05) is 6.54 Å².